The predicted molar refractivity (Wildman–Crippen MR) is 77.7 cm³/mol. The van der Waals surface area contributed by atoms with Crippen molar-refractivity contribution >= 4 is 11.6 Å². The van der Waals surface area contributed by atoms with Crippen LogP contribution < -0.4 is 0 Å². The summed E-state index contributed by atoms with van der Waals surface area (Å²) in [5.41, 5.74) is 3.33. The molecule has 0 fully saturated rings. The first-order valence-corrected chi connectivity index (χ1v) is 6.53. The van der Waals surface area contributed by atoms with Crippen LogP contribution in [0, 0.1) is 0 Å². The fraction of sp³-hybridized carbons (Fsp3) is 0.0667. The van der Waals surface area contributed by atoms with Crippen LogP contribution >= 0.6 is 11.6 Å². The minimum Gasteiger partial charge on any atom is -0.392 e. The van der Waals surface area contributed by atoms with Crippen molar-refractivity contribution in [3.8, 4) is 16.9 Å². The van der Waals surface area contributed by atoms with Gasteiger partial charge in [0.1, 0.15) is 5.69 Å². The molecule has 0 bridgehead atoms. The van der Waals surface area contributed by atoms with E-state index in [1.54, 1.807) is 4.68 Å². The molecule has 3 aromatic rings. The van der Waals surface area contributed by atoms with Gasteiger partial charge in [-0.25, -0.2) is 4.68 Å². The smallest absolute Gasteiger partial charge is 0.113 e. The molecule has 4 nitrogen and oxygen atoms in total. The Morgan fingerprint density at radius 1 is 1.05 bits per heavy atom. The first kappa shape index (κ1) is 12.8. The fourth-order valence-corrected chi connectivity index (χ4v) is 2.13. The van der Waals surface area contributed by atoms with Crippen molar-refractivity contribution in [2.24, 2.45) is 0 Å². The Balaban J connectivity index is 2.00. The highest BCUT2D eigenvalue weighted by molar-refractivity contribution is 6.30. The average Bonchev–Trinajstić information content (AvgIpc) is 2.97. The van der Waals surface area contributed by atoms with Crippen molar-refractivity contribution < 1.29 is 5.11 Å². The zero-order chi connectivity index (χ0) is 13.9. The highest BCUT2D eigenvalue weighted by Gasteiger charge is 2.08. The molecule has 0 radical (unpaired) electrons. The molecule has 0 aliphatic carbocycles. The number of nitrogens with zero attached hydrogens (tertiary/aromatic N) is 3. The SMILES string of the molecule is OCc1ccccc1-n1cc(-c2ccc(Cl)cc2)nn1. The van der Waals surface area contributed by atoms with E-state index in [0.29, 0.717) is 5.02 Å². The number of aliphatic hydroxyl groups is 1. The molecule has 1 heterocycles. The molecule has 1 aromatic heterocycles. The van der Waals surface area contributed by atoms with Gasteiger partial charge < -0.3 is 5.11 Å². The molecule has 5 heteroatoms. The number of rotatable bonds is 3. The van der Waals surface area contributed by atoms with Gasteiger partial charge in [0.25, 0.3) is 0 Å². The Hall–Kier alpha value is -2.17. The summed E-state index contributed by atoms with van der Waals surface area (Å²) in [5, 5.41) is 18.3. The lowest BCUT2D eigenvalue weighted by molar-refractivity contribution is 0.281. The standard InChI is InChI=1S/C15H12ClN3O/c16-13-7-5-11(6-8-13)14-9-19(18-17-14)15-4-2-1-3-12(15)10-20/h1-9,20H,10H2. The lowest BCUT2D eigenvalue weighted by Crippen LogP contribution is -2.00. The van der Waals surface area contributed by atoms with Gasteiger partial charge in [-0.1, -0.05) is 47.1 Å². The third-order valence-electron chi connectivity index (χ3n) is 3.04. The Labute approximate surface area is 121 Å². The maximum Gasteiger partial charge on any atom is 0.113 e. The summed E-state index contributed by atoms with van der Waals surface area (Å²) in [6.07, 6.45) is 1.83. The van der Waals surface area contributed by atoms with Crippen LogP contribution in [0.3, 0.4) is 0 Å². The monoisotopic (exact) mass is 285 g/mol. The molecule has 0 saturated carbocycles. The zero-order valence-electron chi connectivity index (χ0n) is 10.6. The van der Waals surface area contributed by atoms with Gasteiger partial charge in [-0.3, -0.25) is 0 Å². The van der Waals surface area contributed by atoms with Crippen molar-refractivity contribution in [3.05, 3.63) is 65.3 Å². The Morgan fingerprint density at radius 3 is 2.55 bits per heavy atom. The highest BCUT2D eigenvalue weighted by Crippen LogP contribution is 2.21. The van der Waals surface area contributed by atoms with Crippen molar-refractivity contribution in [1.82, 2.24) is 15.0 Å². The van der Waals surface area contributed by atoms with Crippen LogP contribution in [0.5, 0.6) is 0 Å². The van der Waals surface area contributed by atoms with Gasteiger partial charge in [0.2, 0.25) is 0 Å². The molecule has 20 heavy (non-hydrogen) atoms. The summed E-state index contributed by atoms with van der Waals surface area (Å²) in [7, 11) is 0. The number of hydrogen-bond acceptors (Lipinski definition) is 3. The summed E-state index contributed by atoms with van der Waals surface area (Å²) >= 11 is 5.87. The maximum atomic E-state index is 9.36. The molecule has 0 unspecified atom stereocenters. The van der Waals surface area contributed by atoms with E-state index in [2.05, 4.69) is 10.3 Å². The Kier molecular flexibility index (Phi) is 3.50. The van der Waals surface area contributed by atoms with Gasteiger partial charge in [-0.15, -0.1) is 5.10 Å². The Bertz CT molecular complexity index is 722. The summed E-state index contributed by atoms with van der Waals surface area (Å²) in [6.45, 7) is -0.0354. The predicted octanol–water partition coefficient (Wildman–Crippen LogP) is 3.08. The number of halogens is 1. The van der Waals surface area contributed by atoms with E-state index >= 15 is 0 Å². The molecule has 100 valence electrons. The molecule has 1 N–H and O–H groups in total. The second-order valence-electron chi connectivity index (χ2n) is 4.34. The number of aromatic nitrogens is 3. The second kappa shape index (κ2) is 5.45. The van der Waals surface area contributed by atoms with Gasteiger partial charge in [0, 0.05) is 16.1 Å². The van der Waals surface area contributed by atoms with Crippen LogP contribution in [-0.4, -0.2) is 20.1 Å². The van der Waals surface area contributed by atoms with Gasteiger partial charge in [0.05, 0.1) is 18.5 Å². The number of benzene rings is 2. The molecule has 0 aliphatic rings. The van der Waals surface area contributed by atoms with Crippen molar-refractivity contribution in [3.63, 3.8) is 0 Å². The lowest BCUT2D eigenvalue weighted by atomic mass is 10.1. The van der Waals surface area contributed by atoms with Crippen LogP contribution in [0.25, 0.3) is 16.9 Å². The quantitative estimate of drug-likeness (QED) is 0.804. The van der Waals surface area contributed by atoms with E-state index < -0.39 is 0 Å². The molecule has 0 saturated heterocycles. The van der Waals surface area contributed by atoms with Crippen LogP contribution in [0.2, 0.25) is 5.02 Å². The number of hydrogen-bond donors (Lipinski definition) is 1. The summed E-state index contributed by atoms with van der Waals surface area (Å²) in [5.74, 6) is 0. The molecule has 0 atom stereocenters. The zero-order valence-corrected chi connectivity index (χ0v) is 11.3. The molecule has 0 spiro atoms. The number of aliphatic hydroxyl groups excluding tert-OH is 1. The van der Waals surface area contributed by atoms with E-state index in [-0.39, 0.29) is 6.61 Å². The van der Waals surface area contributed by atoms with Crippen LogP contribution in [0.1, 0.15) is 5.56 Å². The molecular formula is C15H12ClN3O. The molecule has 0 aliphatic heterocycles. The molecular weight excluding hydrogens is 274 g/mol. The average molecular weight is 286 g/mol. The number of para-hydroxylation sites is 1. The topological polar surface area (TPSA) is 50.9 Å². The van der Waals surface area contributed by atoms with E-state index in [4.69, 9.17) is 11.6 Å². The van der Waals surface area contributed by atoms with Crippen molar-refractivity contribution in [2.45, 2.75) is 6.61 Å². The molecule has 2 aromatic carbocycles. The third-order valence-corrected chi connectivity index (χ3v) is 3.29. The summed E-state index contributed by atoms with van der Waals surface area (Å²) in [6, 6.07) is 15.0. The normalized spacial score (nSPS) is 10.7. The minimum absolute atomic E-state index is 0.0354. The van der Waals surface area contributed by atoms with Gasteiger partial charge in [-0.05, 0) is 18.2 Å². The van der Waals surface area contributed by atoms with Gasteiger partial charge in [-0.2, -0.15) is 0 Å². The fourth-order valence-electron chi connectivity index (χ4n) is 2.00. The van der Waals surface area contributed by atoms with Crippen molar-refractivity contribution in [2.75, 3.05) is 0 Å². The first-order chi connectivity index (χ1) is 9.78. The van der Waals surface area contributed by atoms with E-state index in [1.807, 2.05) is 54.7 Å². The second-order valence-corrected chi connectivity index (χ2v) is 4.78. The maximum absolute atomic E-state index is 9.36. The van der Waals surface area contributed by atoms with E-state index in [0.717, 1.165) is 22.5 Å². The summed E-state index contributed by atoms with van der Waals surface area (Å²) < 4.78 is 1.66. The van der Waals surface area contributed by atoms with Crippen LogP contribution in [0.4, 0.5) is 0 Å². The highest BCUT2D eigenvalue weighted by atomic mass is 35.5. The van der Waals surface area contributed by atoms with Crippen LogP contribution in [-0.2, 0) is 6.61 Å². The minimum atomic E-state index is -0.0354. The van der Waals surface area contributed by atoms with Gasteiger partial charge >= 0.3 is 0 Å². The largest absolute Gasteiger partial charge is 0.392 e. The molecule has 3 rings (SSSR count). The molecule has 0 amide bonds. The summed E-state index contributed by atoms with van der Waals surface area (Å²) in [4.78, 5) is 0. The van der Waals surface area contributed by atoms with Crippen LogP contribution in [0.15, 0.2) is 54.7 Å². The van der Waals surface area contributed by atoms with E-state index in [9.17, 15) is 5.11 Å². The Morgan fingerprint density at radius 2 is 1.80 bits per heavy atom. The third kappa shape index (κ3) is 2.43. The van der Waals surface area contributed by atoms with Crippen molar-refractivity contribution in [1.29, 1.82) is 0 Å². The lowest BCUT2D eigenvalue weighted by Gasteiger charge is -2.05. The van der Waals surface area contributed by atoms with Gasteiger partial charge in [0.15, 0.2) is 0 Å². The first-order valence-electron chi connectivity index (χ1n) is 6.15. The van der Waals surface area contributed by atoms with E-state index in [1.165, 1.54) is 0 Å².